The summed E-state index contributed by atoms with van der Waals surface area (Å²) in [7, 11) is 1.51. The third kappa shape index (κ3) is 5.25. The minimum absolute atomic E-state index is 0.0753. The summed E-state index contributed by atoms with van der Waals surface area (Å²) in [5.74, 6) is 0.831. The maximum atomic E-state index is 12.0. The van der Waals surface area contributed by atoms with Gasteiger partial charge in [0.2, 0.25) is 0 Å². The first-order chi connectivity index (χ1) is 9.72. The Morgan fingerprint density at radius 3 is 2.95 bits per heavy atom. The highest BCUT2D eigenvalue weighted by molar-refractivity contribution is 7.98. The van der Waals surface area contributed by atoms with Gasteiger partial charge in [0.1, 0.15) is 12.8 Å². The summed E-state index contributed by atoms with van der Waals surface area (Å²) in [6.07, 6.45) is 11.7. The Morgan fingerprint density at radius 2 is 2.30 bits per heavy atom. The topological polar surface area (TPSA) is 50.7 Å². The van der Waals surface area contributed by atoms with Gasteiger partial charge in [0, 0.05) is 17.9 Å². The van der Waals surface area contributed by atoms with Crippen molar-refractivity contribution in [3.8, 4) is 0 Å². The Balaban J connectivity index is 2.78. The first-order valence-electron chi connectivity index (χ1n) is 6.71. The Kier molecular flexibility index (Phi) is 7.80. The molecule has 0 heterocycles. The van der Waals surface area contributed by atoms with E-state index in [9.17, 15) is 4.79 Å². The van der Waals surface area contributed by atoms with Gasteiger partial charge < -0.3 is 10.2 Å². The van der Waals surface area contributed by atoms with Crippen LogP contribution in [0.1, 0.15) is 19.8 Å². The zero-order valence-electron chi connectivity index (χ0n) is 12.3. The van der Waals surface area contributed by atoms with Crippen molar-refractivity contribution < 1.29 is 9.63 Å². The monoisotopic (exact) mass is 294 g/mol. The van der Waals surface area contributed by atoms with Crippen LogP contribution in [0.15, 0.2) is 40.6 Å². The van der Waals surface area contributed by atoms with Gasteiger partial charge in [0.05, 0.1) is 0 Å². The van der Waals surface area contributed by atoms with E-state index in [0.29, 0.717) is 17.8 Å². The standard InChI is InChI=1S/C15H22N2O2S/c1-4-5-6-12-7-8-13(11-14(12)17-19-2)15(18)16-9-10-20-3/h6-8,11H,4-5,9-10H2,1-3H3,(H,16,18)/b12-6+,17-14-. The van der Waals surface area contributed by atoms with Crippen LogP contribution in [0.4, 0.5) is 0 Å². The van der Waals surface area contributed by atoms with Gasteiger partial charge in [-0.2, -0.15) is 11.8 Å². The van der Waals surface area contributed by atoms with Crippen molar-refractivity contribution in [2.24, 2.45) is 5.16 Å². The molecule has 1 amide bonds. The van der Waals surface area contributed by atoms with E-state index in [4.69, 9.17) is 4.84 Å². The van der Waals surface area contributed by atoms with Crippen molar-refractivity contribution in [1.82, 2.24) is 5.32 Å². The van der Waals surface area contributed by atoms with Crippen molar-refractivity contribution in [3.05, 3.63) is 35.5 Å². The highest BCUT2D eigenvalue weighted by Crippen LogP contribution is 2.15. The van der Waals surface area contributed by atoms with Gasteiger partial charge in [-0.15, -0.1) is 0 Å². The molecular weight excluding hydrogens is 272 g/mol. The second-order valence-corrected chi connectivity index (χ2v) is 5.27. The molecule has 1 aliphatic rings. The molecule has 0 aliphatic heterocycles. The number of oxime groups is 1. The predicted octanol–water partition coefficient (Wildman–Crippen LogP) is 2.69. The number of thioether (sulfide) groups is 1. The van der Waals surface area contributed by atoms with Crippen LogP contribution in [0.25, 0.3) is 0 Å². The Hall–Kier alpha value is -1.49. The molecule has 0 fully saturated rings. The first kappa shape index (κ1) is 16.6. The van der Waals surface area contributed by atoms with Crippen molar-refractivity contribution in [2.45, 2.75) is 19.8 Å². The number of hydrogen-bond acceptors (Lipinski definition) is 4. The third-order valence-corrected chi connectivity index (χ3v) is 3.34. The average Bonchev–Trinajstić information content (AvgIpc) is 2.46. The lowest BCUT2D eigenvalue weighted by Gasteiger charge is -2.11. The molecule has 0 saturated carbocycles. The number of carbonyl (C=O) groups is 1. The van der Waals surface area contributed by atoms with E-state index in [1.807, 2.05) is 18.4 Å². The molecule has 0 aromatic heterocycles. The molecule has 1 rings (SSSR count). The van der Waals surface area contributed by atoms with Crippen LogP contribution in [0.2, 0.25) is 0 Å². The summed E-state index contributed by atoms with van der Waals surface area (Å²) in [6, 6.07) is 0. The number of hydrogen-bond donors (Lipinski definition) is 1. The summed E-state index contributed by atoms with van der Waals surface area (Å²) >= 11 is 1.70. The van der Waals surface area contributed by atoms with Gasteiger partial charge in [0.15, 0.2) is 0 Å². The van der Waals surface area contributed by atoms with Crippen molar-refractivity contribution >= 4 is 23.4 Å². The fourth-order valence-electron chi connectivity index (χ4n) is 1.70. The van der Waals surface area contributed by atoms with E-state index in [2.05, 4.69) is 23.5 Å². The van der Waals surface area contributed by atoms with E-state index >= 15 is 0 Å². The quantitative estimate of drug-likeness (QED) is 0.580. The second-order valence-electron chi connectivity index (χ2n) is 4.29. The van der Waals surface area contributed by atoms with E-state index in [-0.39, 0.29) is 5.91 Å². The molecule has 20 heavy (non-hydrogen) atoms. The van der Waals surface area contributed by atoms with E-state index in [1.165, 1.54) is 7.11 Å². The molecule has 0 aromatic rings. The second kappa shape index (κ2) is 9.42. The van der Waals surface area contributed by atoms with E-state index < -0.39 is 0 Å². The van der Waals surface area contributed by atoms with Crippen LogP contribution in [-0.4, -0.2) is 37.3 Å². The average molecular weight is 294 g/mol. The van der Waals surface area contributed by atoms with Crippen LogP contribution in [-0.2, 0) is 9.63 Å². The number of rotatable bonds is 7. The highest BCUT2D eigenvalue weighted by Gasteiger charge is 2.14. The van der Waals surface area contributed by atoms with Crippen LogP contribution >= 0.6 is 11.8 Å². The van der Waals surface area contributed by atoms with Gasteiger partial charge in [0.25, 0.3) is 5.91 Å². The number of unbranched alkanes of at least 4 members (excludes halogenated alkanes) is 1. The zero-order chi connectivity index (χ0) is 14.8. The minimum atomic E-state index is -0.0753. The van der Waals surface area contributed by atoms with Crippen LogP contribution in [0.3, 0.4) is 0 Å². The number of nitrogens with one attached hydrogen (secondary N) is 1. The summed E-state index contributed by atoms with van der Waals surface area (Å²) in [4.78, 5) is 16.8. The molecule has 0 atom stereocenters. The van der Waals surface area contributed by atoms with Gasteiger partial charge in [-0.05, 0) is 30.4 Å². The number of allylic oxidation sites excluding steroid dienone is 4. The minimum Gasteiger partial charge on any atom is -0.399 e. The van der Waals surface area contributed by atoms with Crippen molar-refractivity contribution in [2.75, 3.05) is 25.7 Å². The van der Waals surface area contributed by atoms with Crippen molar-refractivity contribution in [3.63, 3.8) is 0 Å². The van der Waals surface area contributed by atoms with Crippen LogP contribution < -0.4 is 5.32 Å². The lowest BCUT2D eigenvalue weighted by Crippen LogP contribution is -2.27. The molecule has 0 saturated heterocycles. The normalized spacial score (nSPS) is 18.2. The van der Waals surface area contributed by atoms with E-state index in [0.717, 1.165) is 24.2 Å². The molecule has 0 spiro atoms. The molecule has 0 aromatic carbocycles. The van der Waals surface area contributed by atoms with E-state index in [1.54, 1.807) is 17.8 Å². The lowest BCUT2D eigenvalue weighted by atomic mass is 9.98. The highest BCUT2D eigenvalue weighted by atomic mass is 32.2. The van der Waals surface area contributed by atoms with Crippen LogP contribution in [0, 0.1) is 0 Å². The molecule has 0 bridgehead atoms. The molecule has 0 unspecified atom stereocenters. The van der Waals surface area contributed by atoms with Gasteiger partial charge in [-0.1, -0.05) is 30.7 Å². The Bertz CT molecular complexity index is 451. The van der Waals surface area contributed by atoms with Gasteiger partial charge >= 0.3 is 0 Å². The molecule has 1 aliphatic carbocycles. The van der Waals surface area contributed by atoms with Gasteiger partial charge in [-0.25, -0.2) is 0 Å². The SMILES string of the molecule is CCC/C=C1\C=CC(C(=O)NCCSC)=C\C1=N\OC. The largest absolute Gasteiger partial charge is 0.399 e. The fourth-order valence-corrected chi connectivity index (χ4v) is 2.01. The molecule has 110 valence electrons. The smallest absolute Gasteiger partial charge is 0.251 e. The number of nitrogens with zero attached hydrogens (tertiary/aromatic N) is 1. The summed E-state index contributed by atoms with van der Waals surface area (Å²) in [6.45, 7) is 2.79. The summed E-state index contributed by atoms with van der Waals surface area (Å²) < 4.78 is 0. The number of amides is 1. The first-order valence-corrected chi connectivity index (χ1v) is 8.10. The maximum absolute atomic E-state index is 12.0. The van der Waals surface area contributed by atoms with Crippen molar-refractivity contribution in [1.29, 1.82) is 0 Å². The molecular formula is C15H22N2O2S. The maximum Gasteiger partial charge on any atom is 0.251 e. The summed E-state index contributed by atoms with van der Waals surface area (Å²) in [5, 5.41) is 6.86. The molecule has 0 radical (unpaired) electrons. The predicted molar refractivity (Wildman–Crippen MR) is 86.0 cm³/mol. The molecule has 1 N–H and O–H groups in total. The fraction of sp³-hybridized carbons (Fsp3) is 0.467. The lowest BCUT2D eigenvalue weighted by molar-refractivity contribution is -0.117. The van der Waals surface area contributed by atoms with Gasteiger partial charge in [-0.3, -0.25) is 4.79 Å². The Morgan fingerprint density at radius 1 is 1.50 bits per heavy atom. The number of carbonyl (C=O) groups excluding carboxylic acids is 1. The Labute approximate surface area is 125 Å². The zero-order valence-corrected chi connectivity index (χ0v) is 13.1. The molecule has 4 nitrogen and oxygen atoms in total. The molecule has 5 heteroatoms. The third-order valence-electron chi connectivity index (χ3n) is 2.73. The summed E-state index contributed by atoms with van der Waals surface area (Å²) in [5.41, 5.74) is 2.29. The van der Waals surface area contributed by atoms with Crippen LogP contribution in [0.5, 0.6) is 0 Å².